The molecule has 2 nitrogen and oxygen atoms in total. The molecule has 0 aliphatic carbocycles. The summed E-state index contributed by atoms with van der Waals surface area (Å²) in [6, 6.07) is 7.63. The first-order valence-corrected chi connectivity index (χ1v) is 19.9. The van der Waals surface area contributed by atoms with Crippen LogP contribution in [0.5, 0.6) is 0 Å². The lowest BCUT2D eigenvalue weighted by molar-refractivity contribution is -0.688. The monoisotopic (exact) mass is 1070 g/mol. The Morgan fingerprint density at radius 2 is 0.562 bits per heavy atom. The van der Waals surface area contributed by atoms with E-state index in [1.807, 2.05) is 42.7 Å². The molecular formula is C46H25BF24N2. The van der Waals surface area contributed by atoms with Crippen LogP contribution < -0.4 is 26.4 Å². The van der Waals surface area contributed by atoms with E-state index in [1.54, 1.807) is 0 Å². The molecule has 0 unspecified atom stereocenters. The van der Waals surface area contributed by atoms with E-state index in [0.717, 1.165) is 12.1 Å². The van der Waals surface area contributed by atoms with E-state index in [1.165, 1.54) is 5.56 Å². The number of nitriles is 1. The largest absolute Gasteiger partial charge is 0.416 e. The summed E-state index contributed by atoms with van der Waals surface area (Å²) in [5.74, 6) is 0. The molecule has 73 heavy (non-hydrogen) atoms. The van der Waals surface area contributed by atoms with Crippen LogP contribution in [0.3, 0.4) is 0 Å². The van der Waals surface area contributed by atoms with Gasteiger partial charge in [-0.3, -0.25) is 0 Å². The second-order valence-electron chi connectivity index (χ2n) is 15.9. The lowest BCUT2D eigenvalue weighted by Crippen LogP contribution is -2.75. The van der Waals surface area contributed by atoms with Gasteiger partial charge in [0.15, 0.2) is 18.9 Å². The molecule has 0 N–H and O–H groups in total. The Morgan fingerprint density at radius 3 is 0.767 bits per heavy atom. The second-order valence-corrected chi connectivity index (χ2v) is 15.9. The number of rotatable bonds is 7. The van der Waals surface area contributed by atoms with E-state index in [-0.39, 0.29) is 0 Å². The van der Waals surface area contributed by atoms with Crippen molar-refractivity contribution in [2.24, 2.45) is 0 Å². The maximum absolute atomic E-state index is 14.2. The van der Waals surface area contributed by atoms with Gasteiger partial charge in [0.2, 0.25) is 0 Å². The number of benzene rings is 5. The number of hydrogen-bond donors (Lipinski definition) is 0. The Morgan fingerprint density at radius 1 is 0.329 bits per heavy atom. The fourth-order valence-electron chi connectivity index (χ4n) is 7.67. The number of aromatic nitrogens is 1. The highest BCUT2D eigenvalue weighted by Crippen LogP contribution is 2.41. The highest BCUT2D eigenvalue weighted by Gasteiger charge is 2.47. The van der Waals surface area contributed by atoms with E-state index in [2.05, 4.69) is 22.8 Å². The van der Waals surface area contributed by atoms with Gasteiger partial charge in [0, 0.05) is 17.7 Å². The number of hydrogen-bond acceptors (Lipinski definition) is 1. The van der Waals surface area contributed by atoms with Crippen molar-refractivity contribution in [1.29, 1.82) is 5.26 Å². The van der Waals surface area contributed by atoms with Gasteiger partial charge in [-0.2, -0.15) is 132 Å². The molecule has 390 valence electrons. The van der Waals surface area contributed by atoms with Gasteiger partial charge < -0.3 is 0 Å². The molecule has 1 heterocycles. The smallest absolute Gasteiger partial charge is 0.201 e. The molecule has 0 saturated carbocycles. The molecule has 6 rings (SSSR count). The van der Waals surface area contributed by atoms with Crippen molar-refractivity contribution in [3.05, 3.63) is 183 Å². The topological polar surface area (TPSA) is 27.7 Å². The van der Waals surface area contributed by atoms with Crippen LogP contribution in [0.25, 0.3) is 0 Å². The number of nitrogens with zero attached hydrogens (tertiary/aromatic N) is 2. The number of pyridine rings is 1. The Kier molecular flexibility index (Phi) is 15.5. The van der Waals surface area contributed by atoms with Gasteiger partial charge in [0.1, 0.15) is 6.15 Å². The van der Waals surface area contributed by atoms with Crippen LogP contribution in [0.15, 0.2) is 128 Å². The summed E-state index contributed by atoms with van der Waals surface area (Å²) >= 11 is 0. The second kappa shape index (κ2) is 19.9. The molecule has 6 aromatic rings. The molecule has 0 radical (unpaired) electrons. The predicted octanol–water partition coefficient (Wildman–Crippen LogP) is 13.3. The molecule has 0 spiro atoms. The molecule has 0 aliphatic heterocycles. The van der Waals surface area contributed by atoms with E-state index >= 15 is 0 Å². The third kappa shape index (κ3) is 13.6. The van der Waals surface area contributed by atoms with Gasteiger partial charge in [-0.1, -0.05) is 78.9 Å². The third-order valence-electron chi connectivity index (χ3n) is 10.9. The third-order valence-corrected chi connectivity index (χ3v) is 10.9. The van der Waals surface area contributed by atoms with Crippen LogP contribution in [-0.4, -0.2) is 6.15 Å². The Labute approximate surface area is 394 Å². The first-order valence-electron chi connectivity index (χ1n) is 19.9. The highest BCUT2D eigenvalue weighted by atomic mass is 19.4. The molecule has 0 atom stereocenters. The van der Waals surface area contributed by atoms with Gasteiger partial charge in [-0.05, 0) is 29.8 Å². The fraction of sp³-hybridized carbons (Fsp3) is 0.217. The summed E-state index contributed by atoms with van der Waals surface area (Å²) in [7, 11) is 0. The zero-order valence-electron chi connectivity index (χ0n) is 35.6. The van der Waals surface area contributed by atoms with Crippen molar-refractivity contribution in [2.75, 3.05) is 0 Å². The summed E-state index contributed by atoms with van der Waals surface area (Å²) < 4.78 is 343. The Hall–Kier alpha value is -6.88. The molecule has 0 aliphatic rings. The number of alkyl halides is 24. The van der Waals surface area contributed by atoms with Crippen LogP contribution in [0, 0.1) is 11.3 Å². The molecule has 27 heteroatoms. The molecule has 5 aromatic carbocycles. The van der Waals surface area contributed by atoms with Crippen LogP contribution in [0.4, 0.5) is 105 Å². The molecule has 0 amide bonds. The minimum Gasteiger partial charge on any atom is -0.201 e. The minimum absolute atomic E-state index is 0.478. The molecule has 0 saturated heterocycles. The first kappa shape index (κ1) is 57.0. The SMILES string of the molecule is FC(F)(F)c1cc([B-](c2cc(C(F)(F)F)cc(C(F)(F)F)c2)(c2cc(C(F)(F)F)cc(C(F)(F)F)c2)c2cc(C(F)(F)F)cc(C(F)(F)F)c2)cc(C(F)(F)F)c1.N#CCc1cc[n+](Cc2ccccc2)cc1. The zero-order valence-corrected chi connectivity index (χ0v) is 35.6. The van der Waals surface area contributed by atoms with Gasteiger partial charge in [-0.25, -0.2) is 4.57 Å². The molecule has 0 fully saturated rings. The van der Waals surface area contributed by atoms with Gasteiger partial charge in [0.05, 0.1) is 57.0 Å². The maximum Gasteiger partial charge on any atom is 0.416 e. The lowest BCUT2D eigenvalue weighted by atomic mass is 9.12. The van der Waals surface area contributed by atoms with Crippen LogP contribution in [-0.2, 0) is 62.4 Å². The summed E-state index contributed by atoms with van der Waals surface area (Å²) in [4.78, 5) is 0. The average molecular weight is 1070 g/mol. The minimum atomic E-state index is -6.13. The fourth-order valence-corrected chi connectivity index (χ4v) is 7.67. The standard InChI is InChI=1S/C32H12BF24.C14H13N2/c34-25(35,36)13-1-14(26(37,38)39)6-21(5-13)33(22-7-15(27(40,41)42)2-16(8-22)28(43,44)45,23-9-17(29(46,47)48)3-18(10-23)30(49,50)51)24-11-19(31(52,53)54)4-20(12-24)32(55,56)57;15-9-6-13-7-10-16(11-8-13)12-14-4-2-1-3-5-14/h1-12H;1-5,7-8,10-11H,6,12H2/q-1;+1. The van der Waals surface area contributed by atoms with Crippen molar-refractivity contribution < 1.29 is 110 Å². The Balaban J connectivity index is 0.000000520. The summed E-state index contributed by atoms with van der Waals surface area (Å²) in [5.41, 5.74) is -27.9. The first-order chi connectivity index (χ1) is 33.1. The van der Waals surface area contributed by atoms with E-state index in [0.29, 0.717) is 6.42 Å². The summed E-state index contributed by atoms with van der Waals surface area (Å²) in [6.07, 6.45) is -50.3. The van der Waals surface area contributed by atoms with Crippen LogP contribution in [0.2, 0.25) is 0 Å². The zero-order chi connectivity index (χ0) is 55.1. The van der Waals surface area contributed by atoms with Gasteiger partial charge in [0.25, 0.3) is 0 Å². The van der Waals surface area contributed by atoms with Crippen LogP contribution in [0.1, 0.15) is 55.6 Å². The van der Waals surface area contributed by atoms with E-state index in [9.17, 15) is 105 Å². The van der Waals surface area contributed by atoms with Crippen molar-refractivity contribution in [3.63, 3.8) is 0 Å². The van der Waals surface area contributed by atoms with E-state index in [4.69, 9.17) is 5.26 Å². The average Bonchev–Trinajstić information content (AvgIpc) is 3.25. The maximum atomic E-state index is 14.2. The Bertz CT molecular complexity index is 2510. The quantitative estimate of drug-likeness (QED) is 0.0889. The highest BCUT2D eigenvalue weighted by molar-refractivity contribution is 7.20. The molecular weight excluding hydrogens is 1050 g/mol. The summed E-state index contributed by atoms with van der Waals surface area (Å²) in [6.45, 7) is 0.869. The molecule has 0 bridgehead atoms. The van der Waals surface area contributed by atoms with Crippen molar-refractivity contribution >= 4 is 28.0 Å². The van der Waals surface area contributed by atoms with Crippen molar-refractivity contribution in [2.45, 2.75) is 62.4 Å². The summed E-state index contributed by atoms with van der Waals surface area (Å²) in [5, 5.41) is 8.57. The van der Waals surface area contributed by atoms with Gasteiger partial charge >= 0.3 is 49.4 Å². The van der Waals surface area contributed by atoms with Crippen molar-refractivity contribution in [3.8, 4) is 6.07 Å². The predicted molar refractivity (Wildman–Crippen MR) is 212 cm³/mol. The van der Waals surface area contributed by atoms with Crippen LogP contribution >= 0.6 is 0 Å². The lowest BCUT2D eigenvalue weighted by Gasteiger charge is -2.46. The van der Waals surface area contributed by atoms with Gasteiger partial charge in [-0.15, -0.1) is 0 Å². The molecule has 1 aromatic heterocycles. The van der Waals surface area contributed by atoms with E-state index < -0.39 is 195 Å². The number of halogens is 24. The van der Waals surface area contributed by atoms with Crippen molar-refractivity contribution in [1.82, 2.24) is 0 Å². The normalized spacial score (nSPS) is 13.3.